The van der Waals surface area contributed by atoms with Gasteiger partial charge in [0.15, 0.2) is 0 Å². The van der Waals surface area contributed by atoms with E-state index in [4.69, 9.17) is 28.3 Å². The molecule has 6 heteroatoms. The molecule has 2 aliphatic heterocycles. The normalized spacial score (nSPS) is 18.5. The standard InChI is InChI=1S/C20H20Cl2N2O2/c21-17-2-1-3-18(22)19(17)14-11-24(12-14)16-6-4-13(5-7-16)8-23-9-15(10-23)20(25)26/h1-7,14-15H,8-12H2,(H,25,26). The summed E-state index contributed by atoms with van der Waals surface area (Å²) < 4.78 is 0. The smallest absolute Gasteiger partial charge is 0.309 e. The van der Waals surface area contributed by atoms with Gasteiger partial charge < -0.3 is 10.0 Å². The Morgan fingerprint density at radius 3 is 2.19 bits per heavy atom. The van der Waals surface area contributed by atoms with Crippen LogP contribution in [0.4, 0.5) is 5.69 Å². The van der Waals surface area contributed by atoms with E-state index < -0.39 is 5.97 Å². The number of halogens is 2. The number of carboxylic acid groups (broad SMARTS) is 1. The van der Waals surface area contributed by atoms with E-state index in [0.717, 1.165) is 35.2 Å². The first kappa shape index (κ1) is 17.7. The van der Waals surface area contributed by atoms with Gasteiger partial charge in [0.1, 0.15) is 0 Å². The van der Waals surface area contributed by atoms with Crippen LogP contribution in [0.2, 0.25) is 10.0 Å². The third kappa shape index (κ3) is 3.41. The third-order valence-corrected chi connectivity index (χ3v) is 5.96. The first-order valence-corrected chi connectivity index (χ1v) is 9.50. The van der Waals surface area contributed by atoms with Crippen molar-refractivity contribution < 1.29 is 9.90 Å². The fourth-order valence-corrected chi connectivity index (χ4v) is 4.40. The maximum Gasteiger partial charge on any atom is 0.309 e. The van der Waals surface area contributed by atoms with Gasteiger partial charge in [0.2, 0.25) is 0 Å². The molecule has 2 saturated heterocycles. The topological polar surface area (TPSA) is 43.8 Å². The lowest BCUT2D eigenvalue weighted by Gasteiger charge is -2.42. The number of rotatable bonds is 5. The Balaban J connectivity index is 1.32. The van der Waals surface area contributed by atoms with Gasteiger partial charge in [-0.15, -0.1) is 0 Å². The monoisotopic (exact) mass is 390 g/mol. The van der Waals surface area contributed by atoms with Crippen molar-refractivity contribution in [1.82, 2.24) is 4.90 Å². The van der Waals surface area contributed by atoms with Crippen LogP contribution in [-0.4, -0.2) is 42.2 Å². The van der Waals surface area contributed by atoms with Crippen molar-refractivity contribution in [1.29, 1.82) is 0 Å². The Bertz CT molecular complexity index is 793. The Kier molecular flexibility index (Phi) is 4.82. The molecule has 0 spiro atoms. The molecule has 0 unspecified atom stereocenters. The highest BCUT2D eigenvalue weighted by molar-refractivity contribution is 6.36. The molecule has 26 heavy (non-hydrogen) atoms. The van der Waals surface area contributed by atoms with Crippen molar-refractivity contribution in [2.45, 2.75) is 12.5 Å². The zero-order chi connectivity index (χ0) is 18.3. The largest absolute Gasteiger partial charge is 0.481 e. The highest BCUT2D eigenvalue weighted by atomic mass is 35.5. The van der Waals surface area contributed by atoms with Gasteiger partial charge in [-0.05, 0) is 35.4 Å². The molecule has 136 valence electrons. The van der Waals surface area contributed by atoms with Gasteiger partial charge in [-0.25, -0.2) is 0 Å². The maximum atomic E-state index is 10.9. The summed E-state index contributed by atoms with van der Waals surface area (Å²) in [6.45, 7) is 3.92. The Morgan fingerprint density at radius 1 is 1.00 bits per heavy atom. The van der Waals surface area contributed by atoms with Gasteiger partial charge in [0.25, 0.3) is 0 Å². The number of anilines is 1. The molecule has 0 atom stereocenters. The number of benzene rings is 2. The molecule has 0 radical (unpaired) electrons. The molecular weight excluding hydrogens is 371 g/mol. The average molecular weight is 391 g/mol. The third-order valence-electron chi connectivity index (χ3n) is 5.30. The number of hydrogen-bond acceptors (Lipinski definition) is 3. The van der Waals surface area contributed by atoms with E-state index in [2.05, 4.69) is 34.1 Å². The maximum absolute atomic E-state index is 10.9. The predicted molar refractivity (Wildman–Crippen MR) is 104 cm³/mol. The summed E-state index contributed by atoms with van der Waals surface area (Å²) in [6, 6.07) is 14.2. The second-order valence-corrected chi connectivity index (χ2v) is 7.95. The van der Waals surface area contributed by atoms with Crippen molar-refractivity contribution in [2.75, 3.05) is 31.1 Å². The molecular formula is C20H20Cl2N2O2. The minimum absolute atomic E-state index is 0.205. The molecule has 0 amide bonds. The number of aliphatic carboxylic acids is 1. The number of likely N-dealkylation sites (tertiary alicyclic amines) is 1. The molecule has 0 bridgehead atoms. The molecule has 2 aromatic carbocycles. The van der Waals surface area contributed by atoms with E-state index in [1.165, 1.54) is 11.3 Å². The van der Waals surface area contributed by atoms with E-state index >= 15 is 0 Å². The fraction of sp³-hybridized carbons (Fsp3) is 0.350. The average Bonchev–Trinajstić information content (AvgIpc) is 2.52. The number of nitrogens with zero attached hydrogens (tertiary/aromatic N) is 2. The second-order valence-electron chi connectivity index (χ2n) is 7.13. The summed E-state index contributed by atoms with van der Waals surface area (Å²) in [5.41, 5.74) is 3.46. The van der Waals surface area contributed by atoms with Crippen LogP contribution in [-0.2, 0) is 11.3 Å². The fourth-order valence-electron chi connectivity index (χ4n) is 3.70. The Hall–Kier alpha value is -1.75. The zero-order valence-electron chi connectivity index (χ0n) is 14.2. The van der Waals surface area contributed by atoms with Crippen LogP contribution in [0.3, 0.4) is 0 Å². The minimum Gasteiger partial charge on any atom is -0.481 e. The lowest BCUT2D eigenvalue weighted by atomic mass is 9.90. The summed E-state index contributed by atoms with van der Waals surface area (Å²) in [5.74, 6) is -0.531. The summed E-state index contributed by atoms with van der Waals surface area (Å²) >= 11 is 12.6. The van der Waals surface area contributed by atoms with Crippen molar-refractivity contribution in [3.8, 4) is 0 Å². The van der Waals surface area contributed by atoms with Gasteiger partial charge in [-0.3, -0.25) is 9.69 Å². The first-order chi connectivity index (χ1) is 12.5. The van der Waals surface area contributed by atoms with Crippen molar-refractivity contribution in [3.05, 3.63) is 63.6 Å². The van der Waals surface area contributed by atoms with Gasteiger partial charge >= 0.3 is 5.97 Å². The number of carboxylic acids is 1. The lowest BCUT2D eigenvalue weighted by molar-refractivity contribution is -0.147. The summed E-state index contributed by atoms with van der Waals surface area (Å²) in [4.78, 5) is 15.3. The van der Waals surface area contributed by atoms with Crippen molar-refractivity contribution in [3.63, 3.8) is 0 Å². The zero-order valence-corrected chi connectivity index (χ0v) is 15.7. The molecule has 2 fully saturated rings. The van der Waals surface area contributed by atoms with Crippen LogP contribution in [0.15, 0.2) is 42.5 Å². The minimum atomic E-state index is -0.692. The van der Waals surface area contributed by atoms with Crippen LogP contribution in [0.1, 0.15) is 17.0 Å². The molecule has 2 aliphatic rings. The lowest BCUT2D eigenvalue weighted by Crippen LogP contribution is -2.49. The molecule has 4 nitrogen and oxygen atoms in total. The number of hydrogen-bond donors (Lipinski definition) is 1. The van der Waals surface area contributed by atoms with E-state index in [1.54, 1.807) is 0 Å². The van der Waals surface area contributed by atoms with E-state index in [9.17, 15) is 4.79 Å². The molecule has 0 saturated carbocycles. The van der Waals surface area contributed by atoms with E-state index in [1.807, 2.05) is 18.2 Å². The van der Waals surface area contributed by atoms with Gasteiger partial charge in [-0.2, -0.15) is 0 Å². The summed E-state index contributed by atoms with van der Waals surface area (Å²) in [6.07, 6.45) is 0. The quantitative estimate of drug-likeness (QED) is 0.833. The first-order valence-electron chi connectivity index (χ1n) is 8.74. The molecule has 1 N–H and O–H groups in total. The van der Waals surface area contributed by atoms with Crippen LogP contribution >= 0.6 is 23.2 Å². The van der Waals surface area contributed by atoms with Crippen molar-refractivity contribution in [2.24, 2.45) is 5.92 Å². The van der Waals surface area contributed by atoms with Gasteiger partial charge in [0.05, 0.1) is 5.92 Å². The highest BCUT2D eigenvalue weighted by Crippen LogP contribution is 2.38. The second kappa shape index (κ2) is 7.10. The molecule has 0 aromatic heterocycles. The van der Waals surface area contributed by atoms with E-state index in [-0.39, 0.29) is 5.92 Å². The van der Waals surface area contributed by atoms with Gasteiger partial charge in [0, 0.05) is 54.4 Å². The molecule has 2 heterocycles. The number of carbonyl (C=O) groups is 1. The summed E-state index contributed by atoms with van der Waals surface area (Å²) in [5, 5.41) is 10.4. The molecule has 0 aliphatic carbocycles. The van der Waals surface area contributed by atoms with Crippen LogP contribution in [0.5, 0.6) is 0 Å². The Morgan fingerprint density at radius 2 is 1.62 bits per heavy atom. The highest BCUT2D eigenvalue weighted by Gasteiger charge is 2.33. The molecule has 4 rings (SSSR count). The SMILES string of the molecule is O=C(O)C1CN(Cc2ccc(N3CC(c4c(Cl)cccc4Cl)C3)cc2)C1. The van der Waals surface area contributed by atoms with Crippen molar-refractivity contribution >= 4 is 34.9 Å². The van der Waals surface area contributed by atoms with Gasteiger partial charge in [-0.1, -0.05) is 41.4 Å². The Labute approximate surface area is 162 Å². The van der Waals surface area contributed by atoms with Crippen LogP contribution < -0.4 is 4.90 Å². The van der Waals surface area contributed by atoms with Crippen LogP contribution in [0.25, 0.3) is 0 Å². The predicted octanol–water partition coefficient (Wildman–Crippen LogP) is 4.11. The van der Waals surface area contributed by atoms with E-state index in [0.29, 0.717) is 19.0 Å². The summed E-state index contributed by atoms with van der Waals surface area (Å²) in [7, 11) is 0. The molecule has 2 aromatic rings. The van der Waals surface area contributed by atoms with Crippen LogP contribution in [0, 0.1) is 5.92 Å².